The number of nitrogens with zero attached hydrogens (tertiary/aromatic N) is 4. The lowest BCUT2D eigenvalue weighted by Gasteiger charge is -2.26. The fraction of sp³-hybridized carbons (Fsp3) is 0.412. The van der Waals surface area contributed by atoms with E-state index in [1.165, 1.54) is 17.6 Å². The van der Waals surface area contributed by atoms with Gasteiger partial charge < -0.3 is 9.64 Å². The summed E-state index contributed by atoms with van der Waals surface area (Å²) >= 11 is 0. The molecule has 0 saturated carbocycles. The average molecular weight is 392 g/mol. The molecule has 27 heavy (non-hydrogen) atoms. The van der Waals surface area contributed by atoms with Gasteiger partial charge in [0.2, 0.25) is 0 Å². The average Bonchev–Trinajstić information content (AvgIpc) is 3.30. The number of ether oxygens (including phenoxy) is 1. The van der Waals surface area contributed by atoms with Gasteiger partial charge in [0, 0.05) is 12.6 Å². The summed E-state index contributed by atoms with van der Waals surface area (Å²) in [6.45, 7) is 1.71. The smallest absolute Gasteiger partial charge is 0.338 e. The van der Waals surface area contributed by atoms with Crippen LogP contribution in [0.1, 0.15) is 23.7 Å². The zero-order chi connectivity index (χ0) is 19.4. The van der Waals surface area contributed by atoms with Crippen LogP contribution in [0.15, 0.2) is 36.9 Å². The molecule has 1 aromatic heterocycles. The molecule has 0 spiro atoms. The Bertz CT molecular complexity index is 909. The maximum Gasteiger partial charge on any atom is 0.338 e. The maximum absolute atomic E-state index is 12.4. The van der Waals surface area contributed by atoms with Crippen LogP contribution in [0.3, 0.4) is 0 Å². The zero-order valence-corrected chi connectivity index (χ0v) is 15.6. The number of carbonyl (C=O) groups is 2. The van der Waals surface area contributed by atoms with E-state index in [-0.39, 0.29) is 17.5 Å². The fourth-order valence-corrected chi connectivity index (χ4v) is 4.78. The SMILES string of the molecule is CCN(C(=O)COC(=O)c1ccc(-n2cncn2)cc1)[C@H]1CCS(=O)(=O)C1. The number of amides is 1. The molecule has 144 valence electrons. The number of rotatable bonds is 6. The molecule has 0 bridgehead atoms. The minimum Gasteiger partial charge on any atom is -0.452 e. The summed E-state index contributed by atoms with van der Waals surface area (Å²) in [7, 11) is -3.09. The largest absolute Gasteiger partial charge is 0.452 e. The Morgan fingerprint density at radius 2 is 2.04 bits per heavy atom. The van der Waals surface area contributed by atoms with E-state index in [0.717, 1.165) is 5.69 Å². The fourth-order valence-electron chi connectivity index (χ4n) is 3.04. The lowest BCUT2D eigenvalue weighted by molar-refractivity contribution is -0.136. The number of sulfone groups is 1. The van der Waals surface area contributed by atoms with Crippen LogP contribution in [0.4, 0.5) is 0 Å². The molecule has 1 saturated heterocycles. The number of benzene rings is 1. The van der Waals surface area contributed by atoms with Gasteiger partial charge in [-0.15, -0.1) is 0 Å². The molecule has 2 aromatic rings. The first-order valence-corrected chi connectivity index (χ1v) is 10.3. The molecular formula is C17H20N4O5S. The van der Waals surface area contributed by atoms with Gasteiger partial charge in [-0.1, -0.05) is 0 Å². The van der Waals surface area contributed by atoms with E-state index in [1.807, 2.05) is 0 Å². The molecule has 3 rings (SSSR count). The van der Waals surface area contributed by atoms with Gasteiger partial charge in [0.05, 0.1) is 22.8 Å². The normalized spacial score (nSPS) is 18.2. The van der Waals surface area contributed by atoms with Gasteiger partial charge in [-0.3, -0.25) is 4.79 Å². The zero-order valence-electron chi connectivity index (χ0n) is 14.8. The molecule has 0 aliphatic carbocycles. The maximum atomic E-state index is 12.4. The van der Waals surface area contributed by atoms with Crippen LogP contribution in [0, 0.1) is 0 Å². The topological polar surface area (TPSA) is 111 Å². The number of esters is 1. The number of likely N-dealkylation sites (N-methyl/N-ethyl adjacent to an activating group) is 1. The Morgan fingerprint density at radius 1 is 1.30 bits per heavy atom. The van der Waals surface area contributed by atoms with Crippen LogP contribution < -0.4 is 0 Å². The predicted octanol–water partition coefficient (Wildman–Crippen LogP) is 0.460. The van der Waals surface area contributed by atoms with Gasteiger partial charge in [0.15, 0.2) is 16.4 Å². The summed E-state index contributed by atoms with van der Waals surface area (Å²) in [5.41, 5.74) is 1.04. The molecule has 1 fully saturated rings. The quantitative estimate of drug-likeness (QED) is 0.657. The van der Waals surface area contributed by atoms with E-state index < -0.39 is 28.3 Å². The van der Waals surface area contributed by atoms with E-state index >= 15 is 0 Å². The minimum absolute atomic E-state index is 0.0374. The highest BCUT2D eigenvalue weighted by atomic mass is 32.2. The van der Waals surface area contributed by atoms with Crippen molar-refractivity contribution in [3.8, 4) is 5.69 Å². The summed E-state index contributed by atoms with van der Waals surface area (Å²) in [4.78, 5) is 29.8. The third-order valence-electron chi connectivity index (χ3n) is 4.42. The van der Waals surface area contributed by atoms with E-state index in [0.29, 0.717) is 18.5 Å². The van der Waals surface area contributed by atoms with Crippen molar-refractivity contribution in [3.63, 3.8) is 0 Å². The second-order valence-electron chi connectivity index (χ2n) is 6.20. The lowest BCUT2D eigenvalue weighted by Crippen LogP contribution is -2.43. The van der Waals surface area contributed by atoms with Gasteiger partial charge >= 0.3 is 5.97 Å². The highest BCUT2D eigenvalue weighted by Crippen LogP contribution is 2.18. The van der Waals surface area contributed by atoms with Crippen molar-refractivity contribution < 1.29 is 22.7 Å². The number of aromatic nitrogens is 3. The standard InChI is InChI=1S/C17H20N4O5S/c1-2-20(15-7-8-27(24,25)10-15)16(22)9-26-17(23)13-3-5-14(6-4-13)21-12-18-11-19-21/h3-6,11-12,15H,2,7-10H2,1H3/t15-/m0/s1. The molecule has 0 unspecified atom stereocenters. The highest BCUT2D eigenvalue weighted by Gasteiger charge is 2.34. The Hall–Kier alpha value is -2.75. The Morgan fingerprint density at radius 3 is 2.59 bits per heavy atom. The van der Waals surface area contributed by atoms with E-state index in [4.69, 9.17) is 4.74 Å². The third kappa shape index (κ3) is 4.51. The molecule has 1 amide bonds. The first-order chi connectivity index (χ1) is 12.9. The van der Waals surface area contributed by atoms with Crippen LogP contribution in [-0.2, 0) is 19.4 Å². The first-order valence-electron chi connectivity index (χ1n) is 8.51. The van der Waals surface area contributed by atoms with Crippen molar-refractivity contribution in [2.24, 2.45) is 0 Å². The van der Waals surface area contributed by atoms with E-state index in [9.17, 15) is 18.0 Å². The molecule has 1 atom stereocenters. The Balaban J connectivity index is 1.57. The minimum atomic E-state index is -3.09. The molecule has 0 radical (unpaired) electrons. The van der Waals surface area contributed by atoms with Crippen molar-refractivity contribution in [3.05, 3.63) is 42.5 Å². The number of hydrogen-bond acceptors (Lipinski definition) is 7. The summed E-state index contributed by atoms with van der Waals surface area (Å²) in [6.07, 6.45) is 3.36. The Kier molecular flexibility index (Phi) is 5.54. The van der Waals surface area contributed by atoms with Gasteiger partial charge in [0.25, 0.3) is 5.91 Å². The summed E-state index contributed by atoms with van der Waals surface area (Å²) < 4.78 is 29.9. The van der Waals surface area contributed by atoms with Crippen molar-refractivity contribution in [2.75, 3.05) is 24.7 Å². The molecule has 1 aromatic carbocycles. The van der Waals surface area contributed by atoms with Gasteiger partial charge in [-0.2, -0.15) is 5.10 Å². The molecule has 1 aliphatic heterocycles. The summed E-state index contributed by atoms with van der Waals surface area (Å²) in [6, 6.07) is 6.17. The summed E-state index contributed by atoms with van der Waals surface area (Å²) in [5, 5.41) is 3.99. The third-order valence-corrected chi connectivity index (χ3v) is 6.17. The number of carbonyl (C=O) groups excluding carboxylic acids is 2. The van der Waals surface area contributed by atoms with Crippen molar-refractivity contribution in [2.45, 2.75) is 19.4 Å². The molecular weight excluding hydrogens is 372 g/mol. The van der Waals surface area contributed by atoms with Crippen LogP contribution in [0.25, 0.3) is 5.69 Å². The highest BCUT2D eigenvalue weighted by molar-refractivity contribution is 7.91. The van der Waals surface area contributed by atoms with Crippen molar-refractivity contribution in [1.82, 2.24) is 19.7 Å². The Labute approximate surface area is 156 Å². The first kappa shape index (κ1) is 19.0. The molecule has 1 aliphatic rings. The predicted molar refractivity (Wildman–Crippen MR) is 96.1 cm³/mol. The van der Waals surface area contributed by atoms with Crippen LogP contribution in [-0.4, -0.2) is 70.7 Å². The molecule has 0 N–H and O–H groups in total. The summed E-state index contributed by atoms with van der Waals surface area (Å²) in [5.74, 6) is -0.973. The van der Waals surface area contributed by atoms with Gasteiger partial charge in [-0.05, 0) is 37.6 Å². The molecule has 9 nitrogen and oxygen atoms in total. The second kappa shape index (κ2) is 7.87. The molecule has 10 heteroatoms. The molecule has 2 heterocycles. The van der Waals surface area contributed by atoms with E-state index in [1.54, 1.807) is 35.9 Å². The van der Waals surface area contributed by atoms with E-state index in [2.05, 4.69) is 10.1 Å². The second-order valence-corrected chi connectivity index (χ2v) is 8.43. The van der Waals surface area contributed by atoms with Gasteiger partial charge in [0.1, 0.15) is 12.7 Å². The van der Waals surface area contributed by atoms with Crippen LogP contribution in [0.2, 0.25) is 0 Å². The van der Waals surface area contributed by atoms with Crippen LogP contribution >= 0.6 is 0 Å². The van der Waals surface area contributed by atoms with Crippen molar-refractivity contribution in [1.29, 1.82) is 0 Å². The van der Waals surface area contributed by atoms with Crippen molar-refractivity contribution >= 4 is 21.7 Å². The van der Waals surface area contributed by atoms with Gasteiger partial charge in [-0.25, -0.2) is 22.9 Å². The monoisotopic (exact) mass is 392 g/mol. The lowest BCUT2D eigenvalue weighted by atomic mass is 10.2. The van der Waals surface area contributed by atoms with Crippen LogP contribution in [0.5, 0.6) is 0 Å². The number of hydrogen-bond donors (Lipinski definition) is 0.